The second-order valence-electron chi connectivity index (χ2n) is 8.53. The molecule has 2 amide bonds. The molecule has 2 heterocycles. The monoisotopic (exact) mass is 480 g/mol. The number of carbonyl (C=O) groups excluding carboxylic acids is 2. The van der Waals surface area contributed by atoms with Gasteiger partial charge in [-0.15, -0.1) is 11.3 Å². The van der Waals surface area contributed by atoms with Crippen LogP contribution in [0.5, 0.6) is 0 Å². The van der Waals surface area contributed by atoms with Crippen molar-refractivity contribution < 1.29 is 9.59 Å². The molecular formula is C25H25ClN4O2S. The summed E-state index contributed by atoms with van der Waals surface area (Å²) in [5.74, 6) is -0.252. The SMILES string of the molecule is Cc1ccc(C(=O)Nc2nc3c(s2)CCC3C(=O)N2CCN(c3ccc(Cl)cc3)CC2)cc1. The van der Waals surface area contributed by atoms with E-state index in [4.69, 9.17) is 11.6 Å². The topological polar surface area (TPSA) is 65.5 Å². The van der Waals surface area contributed by atoms with Crippen LogP contribution in [0.2, 0.25) is 5.02 Å². The Morgan fingerprint density at radius 2 is 1.73 bits per heavy atom. The molecule has 1 aromatic heterocycles. The van der Waals surface area contributed by atoms with Gasteiger partial charge in [0.05, 0.1) is 11.6 Å². The van der Waals surface area contributed by atoms with Gasteiger partial charge in [0.15, 0.2) is 5.13 Å². The van der Waals surface area contributed by atoms with E-state index in [1.54, 1.807) is 0 Å². The summed E-state index contributed by atoms with van der Waals surface area (Å²) < 4.78 is 0. The summed E-state index contributed by atoms with van der Waals surface area (Å²) in [6, 6.07) is 15.3. The van der Waals surface area contributed by atoms with Crippen LogP contribution in [0.4, 0.5) is 10.8 Å². The molecule has 6 nitrogen and oxygen atoms in total. The molecule has 2 aromatic carbocycles. The molecule has 3 aromatic rings. The Balaban J connectivity index is 1.22. The van der Waals surface area contributed by atoms with Gasteiger partial charge in [0, 0.05) is 47.3 Å². The van der Waals surface area contributed by atoms with E-state index in [9.17, 15) is 9.59 Å². The number of aromatic nitrogens is 1. The van der Waals surface area contributed by atoms with E-state index in [0.29, 0.717) is 23.8 Å². The van der Waals surface area contributed by atoms with Gasteiger partial charge >= 0.3 is 0 Å². The van der Waals surface area contributed by atoms with Gasteiger partial charge in [-0.3, -0.25) is 14.9 Å². The largest absolute Gasteiger partial charge is 0.368 e. The Hall–Kier alpha value is -2.90. The Bertz CT molecular complexity index is 1170. The third-order valence-corrected chi connectivity index (χ3v) is 7.63. The minimum Gasteiger partial charge on any atom is -0.368 e. The first kappa shape index (κ1) is 21.9. The molecule has 2 aliphatic rings. The molecule has 1 atom stereocenters. The molecule has 0 spiro atoms. The average molecular weight is 481 g/mol. The van der Waals surface area contributed by atoms with Crippen LogP contribution in [0.1, 0.15) is 38.8 Å². The molecule has 0 saturated carbocycles. The fraction of sp³-hybridized carbons (Fsp3) is 0.320. The second-order valence-corrected chi connectivity index (χ2v) is 10.0. The molecule has 8 heteroatoms. The van der Waals surface area contributed by atoms with Crippen LogP contribution in [0.25, 0.3) is 0 Å². The van der Waals surface area contributed by atoms with E-state index in [-0.39, 0.29) is 17.7 Å². The zero-order valence-electron chi connectivity index (χ0n) is 18.4. The number of thiazole rings is 1. The highest BCUT2D eigenvalue weighted by atomic mass is 35.5. The number of aryl methyl sites for hydroxylation is 2. The lowest BCUT2D eigenvalue weighted by Gasteiger charge is -2.37. The van der Waals surface area contributed by atoms with E-state index >= 15 is 0 Å². The van der Waals surface area contributed by atoms with E-state index in [1.807, 2.05) is 60.4 Å². The van der Waals surface area contributed by atoms with Crippen molar-refractivity contribution in [3.63, 3.8) is 0 Å². The van der Waals surface area contributed by atoms with Crippen molar-refractivity contribution in [2.75, 3.05) is 36.4 Å². The van der Waals surface area contributed by atoms with Crippen molar-refractivity contribution in [2.24, 2.45) is 0 Å². The number of benzene rings is 2. The molecule has 1 saturated heterocycles. The van der Waals surface area contributed by atoms with E-state index in [0.717, 1.165) is 52.8 Å². The minimum atomic E-state index is -0.219. The summed E-state index contributed by atoms with van der Waals surface area (Å²) in [5.41, 5.74) is 3.67. The minimum absolute atomic E-state index is 0.145. The molecule has 1 N–H and O–H groups in total. The zero-order chi connectivity index (χ0) is 22.9. The number of nitrogens with zero attached hydrogens (tertiary/aromatic N) is 3. The number of anilines is 2. The lowest BCUT2D eigenvalue weighted by atomic mass is 10.1. The van der Waals surface area contributed by atoms with Crippen molar-refractivity contribution in [2.45, 2.75) is 25.7 Å². The zero-order valence-corrected chi connectivity index (χ0v) is 20.0. The Labute approximate surface area is 202 Å². The van der Waals surface area contributed by atoms with Gasteiger partial charge < -0.3 is 9.80 Å². The fourth-order valence-electron chi connectivity index (χ4n) is 4.45. The summed E-state index contributed by atoms with van der Waals surface area (Å²) in [5, 5.41) is 4.19. The number of rotatable bonds is 4. The van der Waals surface area contributed by atoms with Crippen LogP contribution in [-0.2, 0) is 11.2 Å². The first-order valence-corrected chi connectivity index (χ1v) is 12.3. The van der Waals surface area contributed by atoms with Crippen molar-refractivity contribution in [3.05, 3.63) is 75.3 Å². The smallest absolute Gasteiger partial charge is 0.257 e. The van der Waals surface area contributed by atoms with E-state index in [1.165, 1.54) is 11.3 Å². The summed E-state index contributed by atoms with van der Waals surface area (Å²) in [7, 11) is 0. The van der Waals surface area contributed by atoms with Gasteiger partial charge in [0.1, 0.15) is 0 Å². The maximum atomic E-state index is 13.3. The van der Waals surface area contributed by atoms with Gasteiger partial charge in [-0.25, -0.2) is 4.98 Å². The van der Waals surface area contributed by atoms with Gasteiger partial charge in [0.2, 0.25) is 5.91 Å². The van der Waals surface area contributed by atoms with Gasteiger partial charge in [-0.1, -0.05) is 29.3 Å². The number of carbonyl (C=O) groups is 2. The number of amides is 2. The summed E-state index contributed by atoms with van der Waals surface area (Å²) in [4.78, 5) is 35.8. The van der Waals surface area contributed by atoms with Crippen molar-refractivity contribution in [3.8, 4) is 0 Å². The summed E-state index contributed by atoms with van der Waals surface area (Å²) in [6.07, 6.45) is 1.62. The van der Waals surface area contributed by atoms with Crippen LogP contribution < -0.4 is 10.2 Å². The number of piperazine rings is 1. The molecular weight excluding hydrogens is 456 g/mol. The number of hydrogen-bond acceptors (Lipinski definition) is 5. The third-order valence-electron chi connectivity index (χ3n) is 6.33. The highest BCUT2D eigenvalue weighted by Crippen LogP contribution is 2.39. The van der Waals surface area contributed by atoms with Crippen molar-refractivity contribution >= 4 is 45.6 Å². The maximum Gasteiger partial charge on any atom is 0.257 e. The highest BCUT2D eigenvalue weighted by Gasteiger charge is 2.36. The molecule has 0 bridgehead atoms. The molecule has 170 valence electrons. The second kappa shape index (κ2) is 9.15. The Kier molecular flexibility index (Phi) is 6.08. The summed E-state index contributed by atoms with van der Waals surface area (Å²) >= 11 is 7.48. The lowest BCUT2D eigenvalue weighted by molar-refractivity contribution is -0.133. The van der Waals surface area contributed by atoms with Crippen molar-refractivity contribution in [1.29, 1.82) is 0 Å². The molecule has 1 fully saturated rings. The highest BCUT2D eigenvalue weighted by molar-refractivity contribution is 7.16. The number of nitrogens with one attached hydrogen (secondary N) is 1. The molecule has 1 unspecified atom stereocenters. The van der Waals surface area contributed by atoms with E-state index < -0.39 is 0 Å². The van der Waals surface area contributed by atoms with Crippen LogP contribution in [-0.4, -0.2) is 47.9 Å². The predicted octanol–water partition coefficient (Wildman–Crippen LogP) is 4.74. The Morgan fingerprint density at radius 3 is 2.42 bits per heavy atom. The van der Waals surface area contributed by atoms with Crippen LogP contribution in [0, 0.1) is 6.92 Å². The number of halogens is 1. The van der Waals surface area contributed by atoms with Crippen LogP contribution in [0.3, 0.4) is 0 Å². The van der Waals surface area contributed by atoms with Gasteiger partial charge in [0.25, 0.3) is 5.91 Å². The first-order valence-electron chi connectivity index (χ1n) is 11.1. The number of fused-ring (bicyclic) bond motifs is 1. The standard InChI is InChI=1S/C25H25ClN4O2S/c1-16-2-4-17(5-3-16)23(31)28-25-27-22-20(10-11-21(22)33-25)24(32)30-14-12-29(13-15-30)19-8-6-18(26)7-9-19/h2-9,20H,10-15H2,1H3,(H,27,28,31). The first-order chi connectivity index (χ1) is 16.0. The predicted molar refractivity (Wildman–Crippen MR) is 133 cm³/mol. The third kappa shape index (κ3) is 4.61. The fourth-order valence-corrected chi connectivity index (χ4v) is 5.61. The molecule has 1 aliphatic carbocycles. The molecule has 5 rings (SSSR count). The van der Waals surface area contributed by atoms with Crippen LogP contribution >= 0.6 is 22.9 Å². The lowest BCUT2D eigenvalue weighted by Crippen LogP contribution is -2.50. The molecule has 33 heavy (non-hydrogen) atoms. The van der Waals surface area contributed by atoms with Gasteiger partial charge in [-0.2, -0.15) is 0 Å². The molecule has 0 radical (unpaired) electrons. The average Bonchev–Trinajstić information content (AvgIpc) is 3.40. The quantitative estimate of drug-likeness (QED) is 0.586. The van der Waals surface area contributed by atoms with E-state index in [2.05, 4.69) is 15.2 Å². The summed E-state index contributed by atoms with van der Waals surface area (Å²) in [6.45, 7) is 4.95. The molecule has 1 aliphatic heterocycles. The van der Waals surface area contributed by atoms with Crippen LogP contribution in [0.15, 0.2) is 48.5 Å². The normalized spacial score (nSPS) is 17.7. The number of hydrogen-bond donors (Lipinski definition) is 1. The maximum absolute atomic E-state index is 13.3. The van der Waals surface area contributed by atoms with Crippen molar-refractivity contribution in [1.82, 2.24) is 9.88 Å². The van der Waals surface area contributed by atoms with Gasteiger partial charge in [-0.05, 0) is 56.2 Å². The Morgan fingerprint density at radius 1 is 1.03 bits per heavy atom.